The molecule has 0 fully saturated rings. The second kappa shape index (κ2) is 6.81. The van der Waals surface area contributed by atoms with Crippen LogP contribution < -0.4 is 15.0 Å². The topological polar surface area (TPSA) is 58.6 Å². The quantitative estimate of drug-likeness (QED) is 0.909. The zero-order valence-corrected chi connectivity index (χ0v) is 13.7. The molecule has 1 atom stereocenters. The van der Waals surface area contributed by atoms with Gasteiger partial charge in [-0.25, -0.2) is 0 Å². The van der Waals surface area contributed by atoms with Gasteiger partial charge >= 0.3 is 0 Å². The van der Waals surface area contributed by atoms with Gasteiger partial charge in [-0.05, 0) is 37.5 Å². The highest BCUT2D eigenvalue weighted by molar-refractivity contribution is 6.01. The molecule has 0 aliphatic carbocycles. The molecule has 5 nitrogen and oxygen atoms in total. The Labute approximate surface area is 131 Å². The van der Waals surface area contributed by atoms with Crippen LogP contribution in [0, 0.1) is 5.92 Å². The summed E-state index contributed by atoms with van der Waals surface area (Å²) in [5.41, 5.74) is 1.42. The van der Waals surface area contributed by atoms with Crippen LogP contribution in [-0.2, 0) is 9.59 Å². The number of amides is 2. The number of carbonyl (C=O) groups is 2. The number of rotatable bonds is 5. The summed E-state index contributed by atoms with van der Waals surface area (Å²) in [4.78, 5) is 25.9. The monoisotopic (exact) mass is 304 g/mol. The molecule has 2 rings (SSSR count). The Kier molecular flexibility index (Phi) is 5.06. The van der Waals surface area contributed by atoms with Crippen LogP contribution >= 0.6 is 0 Å². The van der Waals surface area contributed by atoms with Gasteiger partial charge in [-0.3, -0.25) is 9.59 Å². The largest absolute Gasteiger partial charge is 0.479 e. The molecule has 120 valence electrons. The highest BCUT2D eigenvalue weighted by Crippen LogP contribution is 2.36. The Balaban J connectivity index is 2.25. The maximum Gasteiger partial charge on any atom is 0.267 e. The fraction of sp³-hybridized carbons (Fsp3) is 0.529. The van der Waals surface area contributed by atoms with Crippen molar-refractivity contribution in [1.29, 1.82) is 0 Å². The summed E-state index contributed by atoms with van der Waals surface area (Å²) in [5, 5.41) is 2.88. The van der Waals surface area contributed by atoms with Gasteiger partial charge in [0.25, 0.3) is 5.91 Å². The van der Waals surface area contributed by atoms with E-state index in [2.05, 4.69) is 5.32 Å². The van der Waals surface area contributed by atoms with Crippen LogP contribution in [-0.4, -0.2) is 24.5 Å². The molecule has 5 heteroatoms. The van der Waals surface area contributed by atoms with E-state index in [4.69, 9.17) is 4.74 Å². The summed E-state index contributed by atoms with van der Waals surface area (Å²) in [6.45, 7) is 8.43. The number of carbonyl (C=O) groups excluding carboxylic acids is 2. The fourth-order valence-corrected chi connectivity index (χ4v) is 2.52. The SMILES string of the molecule is CCCN1C(=O)C(C)Oc2ccc(NC(=O)CC(C)C)cc21. The Hall–Kier alpha value is -2.04. The van der Waals surface area contributed by atoms with Crippen molar-refractivity contribution in [2.75, 3.05) is 16.8 Å². The third-order valence-electron chi connectivity index (χ3n) is 3.49. The second-order valence-corrected chi connectivity index (χ2v) is 6.08. The molecule has 0 saturated carbocycles. The van der Waals surface area contributed by atoms with E-state index in [9.17, 15) is 9.59 Å². The smallest absolute Gasteiger partial charge is 0.267 e. The molecule has 1 heterocycles. The van der Waals surface area contributed by atoms with Crippen molar-refractivity contribution in [3.8, 4) is 5.75 Å². The molecular formula is C17H24N2O3. The Bertz CT molecular complexity index is 569. The molecule has 0 radical (unpaired) electrons. The van der Waals surface area contributed by atoms with E-state index in [1.54, 1.807) is 11.8 Å². The number of benzene rings is 1. The molecule has 1 unspecified atom stereocenters. The standard InChI is InChI=1S/C17H24N2O3/c1-5-8-19-14-10-13(18-16(20)9-11(2)3)6-7-15(14)22-12(4)17(19)21/h6-7,10-12H,5,8-9H2,1-4H3,(H,18,20). The fourth-order valence-electron chi connectivity index (χ4n) is 2.52. The van der Waals surface area contributed by atoms with Crippen LogP contribution in [0.3, 0.4) is 0 Å². The number of hydrogen-bond donors (Lipinski definition) is 1. The minimum atomic E-state index is -0.472. The van der Waals surface area contributed by atoms with Crippen molar-refractivity contribution in [3.63, 3.8) is 0 Å². The minimum Gasteiger partial charge on any atom is -0.479 e. The average molecular weight is 304 g/mol. The summed E-state index contributed by atoms with van der Waals surface area (Å²) in [6, 6.07) is 5.43. The highest BCUT2D eigenvalue weighted by Gasteiger charge is 2.31. The molecule has 1 aliphatic heterocycles. The van der Waals surface area contributed by atoms with Gasteiger partial charge in [0, 0.05) is 18.7 Å². The summed E-state index contributed by atoms with van der Waals surface area (Å²) in [6.07, 6.45) is 0.866. The van der Waals surface area contributed by atoms with E-state index in [1.165, 1.54) is 0 Å². The van der Waals surface area contributed by atoms with Gasteiger partial charge in [0.2, 0.25) is 5.91 Å². The van der Waals surface area contributed by atoms with Crippen LogP contribution in [0.25, 0.3) is 0 Å². The summed E-state index contributed by atoms with van der Waals surface area (Å²) >= 11 is 0. The van der Waals surface area contributed by atoms with Crippen LogP contribution in [0.4, 0.5) is 11.4 Å². The lowest BCUT2D eigenvalue weighted by molar-refractivity contribution is -0.125. The van der Waals surface area contributed by atoms with Gasteiger partial charge in [0.1, 0.15) is 5.75 Å². The van der Waals surface area contributed by atoms with E-state index in [0.29, 0.717) is 30.3 Å². The lowest BCUT2D eigenvalue weighted by atomic mass is 10.1. The molecule has 1 aliphatic rings. The molecule has 0 aromatic heterocycles. The number of nitrogens with zero attached hydrogens (tertiary/aromatic N) is 1. The van der Waals surface area contributed by atoms with Gasteiger partial charge in [-0.15, -0.1) is 0 Å². The second-order valence-electron chi connectivity index (χ2n) is 6.08. The molecule has 22 heavy (non-hydrogen) atoms. The molecule has 0 saturated heterocycles. The Morgan fingerprint density at radius 2 is 2.14 bits per heavy atom. The zero-order valence-electron chi connectivity index (χ0n) is 13.7. The van der Waals surface area contributed by atoms with Crippen molar-refractivity contribution in [1.82, 2.24) is 0 Å². The minimum absolute atomic E-state index is 0.0200. The van der Waals surface area contributed by atoms with E-state index in [0.717, 1.165) is 12.1 Å². The normalized spacial score (nSPS) is 17.2. The van der Waals surface area contributed by atoms with Crippen LogP contribution in [0.1, 0.15) is 40.5 Å². The number of fused-ring (bicyclic) bond motifs is 1. The third kappa shape index (κ3) is 3.59. The lowest BCUT2D eigenvalue weighted by Gasteiger charge is -2.33. The van der Waals surface area contributed by atoms with Gasteiger partial charge in [0.05, 0.1) is 5.69 Å². The molecule has 0 bridgehead atoms. The van der Waals surface area contributed by atoms with Crippen LogP contribution in [0.2, 0.25) is 0 Å². The Morgan fingerprint density at radius 3 is 2.77 bits per heavy atom. The number of hydrogen-bond acceptors (Lipinski definition) is 3. The van der Waals surface area contributed by atoms with E-state index >= 15 is 0 Å². The molecule has 1 aromatic carbocycles. The first kappa shape index (κ1) is 16.3. The predicted molar refractivity (Wildman–Crippen MR) is 87.3 cm³/mol. The molecule has 2 amide bonds. The lowest BCUT2D eigenvalue weighted by Crippen LogP contribution is -2.44. The van der Waals surface area contributed by atoms with E-state index in [-0.39, 0.29) is 11.8 Å². The van der Waals surface area contributed by atoms with Gasteiger partial charge in [0.15, 0.2) is 6.10 Å². The number of nitrogens with one attached hydrogen (secondary N) is 1. The predicted octanol–water partition coefficient (Wildman–Crippen LogP) is 3.20. The maximum absolute atomic E-state index is 12.3. The van der Waals surface area contributed by atoms with E-state index in [1.807, 2.05) is 39.0 Å². The third-order valence-corrected chi connectivity index (χ3v) is 3.49. The summed E-state index contributed by atoms with van der Waals surface area (Å²) < 4.78 is 5.64. The average Bonchev–Trinajstić information content (AvgIpc) is 2.43. The van der Waals surface area contributed by atoms with Crippen molar-refractivity contribution < 1.29 is 14.3 Å². The molecule has 0 spiro atoms. The van der Waals surface area contributed by atoms with Gasteiger partial charge < -0.3 is 15.0 Å². The van der Waals surface area contributed by atoms with Crippen molar-refractivity contribution in [2.45, 2.75) is 46.6 Å². The van der Waals surface area contributed by atoms with Gasteiger partial charge in [-0.1, -0.05) is 20.8 Å². The van der Waals surface area contributed by atoms with E-state index < -0.39 is 6.10 Å². The van der Waals surface area contributed by atoms with Crippen molar-refractivity contribution in [3.05, 3.63) is 18.2 Å². The molecule has 1 N–H and O–H groups in total. The first-order valence-electron chi connectivity index (χ1n) is 7.84. The van der Waals surface area contributed by atoms with Crippen molar-refractivity contribution in [2.24, 2.45) is 5.92 Å². The molecular weight excluding hydrogens is 280 g/mol. The van der Waals surface area contributed by atoms with Crippen molar-refractivity contribution >= 4 is 23.2 Å². The van der Waals surface area contributed by atoms with Crippen LogP contribution in [0.5, 0.6) is 5.75 Å². The highest BCUT2D eigenvalue weighted by atomic mass is 16.5. The molecule has 1 aromatic rings. The summed E-state index contributed by atoms with van der Waals surface area (Å²) in [5.74, 6) is 0.927. The first-order chi connectivity index (χ1) is 10.4. The number of anilines is 2. The summed E-state index contributed by atoms with van der Waals surface area (Å²) in [7, 11) is 0. The van der Waals surface area contributed by atoms with Crippen LogP contribution in [0.15, 0.2) is 18.2 Å². The zero-order chi connectivity index (χ0) is 16.3. The Morgan fingerprint density at radius 1 is 1.41 bits per heavy atom. The first-order valence-corrected chi connectivity index (χ1v) is 7.84. The van der Waals surface area contributed by atoms with Gasteiger partial charge in [-0.2, -0.15) is 0 Å². The maximum atomic E-state index is 12.3. The number of ether oxygens (including phenoxy) is 1.